The van der Waals surface area contributed by atoms with E-state index in [0.29, 0.717) is 5.69 Å². The first-order valence-corrected chi connectivity index (χ1v) is 10.7. The number of aromatic nitrogens is 2. The summed E-state index contributed by atoms with van der Waals surface area (Å²) in [7, 11) is 0. The van der Waals surface area contributed by atoms with Crippen LogP contribution in [-0.4, -0.2) is 16.1 Å². The van der Waals surface area contributed by atoms with Gasteiger partial charge in [-0.25, -0.2) is 0 Å². The third-order valence-corrected chi connectivity index (χ3v) is 5.68. The van der Waals surface area contributed by atoms with Gasteiger partial charge in [-0.3, -0.25) is 14.8 Å². The number of hydrogen-bond acceptors (Lipinski definition) is 3. The Hall–Kier alpha value is -3.86. The van der Waals surface area contributed by atoms with E-state index in [9.17, 15) is 4.79 Å². The zero-order valence-corrected chi connectivity index (χ0v) is 18.7. The summed E-state index contributed by atoms with van der Waals surface area (Å²) < 4.78 is 0. The number of aromatic amines is 1. The van der Waals surface area contributed by atoms with Gasteiger partial charge in [0.15, 0.2) is 0 Å². The van der Waals surface area contributed by atoms with Gasteiger partial charge in [-0.1, -0.05) is 82.0 Å². The number of allylic oxidation sites excluding steroid dienone is 4. The topological polar surface area (TPSA) is 75.0 Å². The predicted octanol–water partition coefficient (Wildman–Crippen LogP) is 5.50. The number of anilines is 1. The second-order valence-corrected chi connectivity index (χ2v) is 8.86. The zero-order valence-electron chi connectivity index (χ0n) is 18.7. The van der Waals surface area contributed by atoms with Gasteiger partial charge < -0.3 is 5.73 Å². The fourth-order valence-electron chi connectivity index (χ4n) is 4.19. The molecule has 2 heterocycles. The van der Waals surface area contributed by atoms with Gasteiger partial charge in [-0.05, 0) is 41.1 Å². The summed E-state index contributed by atoms with van der Waals surface area (Å²) in [4.78, 5) is 15.4. The van der Waals surface area contributed by atoms with Gasteiger partial charge in [0.25, 0.3) is 5.91 Å². The van der Waals surface area contributed by atoms with Crippen molar-refractivity contribution in [2.24, 2.45) is 5.73 Å². The summed E-state index contributed by atoms with van der Waals surface area (Å²) >= 11 is 0. The molecule has 5 nitrogen and oxygen atoms in total. The number of benzene rings is 2. The molecule has 0 radical (unpaired) electrons. The number of carbonyl (C=O) groups is 1. The number of nitrogens with two attached hydrogens (primary N) is 1. The molecule has 3 aromatic rings. The third-order valence-electron chi connectivity index (χ3n) is 5.68. The first-order valence-electron chi connectivity index (χ1n) is 10.7. The first-order chi connectivity index (χ1) is 15.4. The molecule has 0 fully saturated rings. The minimum absolute atomic E-state index is 0.0739. The number of amides is 1. The Kier molecular flexibility index (Phi) is 5.57. The SMILES string of the molecule is C=C/C(=C\C=C/N)c1ccc(N2C(=O)c3[nH]nc(C(C)(C)C)c3C2c2ccccc2)cc1. The van der Waals surface area contributed by atoms with Gasteiger partial charge in [0.2, 0.25) is 0 Å². The van der Waals surface area contributed by atoms with Gasteiger partial charge in [0.05, 0.1) is 11.7 Å². The van der Waals surface area contributed by atoms with E-state index in [4.69, 9.17) is 5.73 Å². The van der Waals surface area contributed by atoms with Crippen molar-refractivity contribution in [2.45, 2.75) is 32.2 Å². The van der Waals surface area contributed by atoms with E-state index in [1.165, 1.54) is 6.20 Å². The summed E-state index contributed by atoms with van der Waals surface area (Å²) in [6.07, 6.45) is 6.95. The molecule has 0 aliphatic carbocycles. The number of rotatable bonds is 5. The van der Waals surface area contributed by atoms with E-state index in [1.54, 1.807) is 12.2 Å². The number of fused-ring (bicyclic) bond motifs is 1. The van der Waals surface area contributed by atoms with Crippen LogP contribution in [0.1, 0.15) is 59.7 Å². The Morgan fingerprint density at radius 1 is 1.12 bits per heavy atom. The fourth-order valence-corrected chi connectivity index (χ4v) is 4.19. The van der Waals surface area contributed by atoms with E-state index in [0.717, 1.165) is 33.6 Å². The van der Waals surface area contributed by atoms with E-state index >= 15 is 0 Å². The van der Waals surface area contributed by atoms with Gasteiger partial charge >= 0.3 is 0 Å². The maximum absolute atomic E-state index is 13.5. The van der Waals surface area contributed by atoms with Gasteiger partial charge in [0, 0.05) is 16.7 Å². The molecule has 0 saturated carbocycles. The lowest BCUT2D eigenvalue weighted by molar-refractivity contribution is 0.0988. The van der Waals surface area contributed by atoms with Crippen molar-refractivity contribution in [1.82, 2.24) is 10.2 Å². The molecule has 1 aliphatic rings. The summed E-state index contributed by atoms with van der Waals surface area (Å²) in [5.74, 6) is -0.0739. The molecule has 32 heavy (non-hydrogen) atoms. The molecule has 2 aromatic carbocycles. The quantitative estimate of drug-likeness (QED) is 0.531. The molecule has 0 saturated heterocycles. The standard InChI is InChI=1S/C27H28N4O/c1-5-18(12-9-17-28)19-13-15-21(16-14-19)31-24(20-10-7-6-8-11-20)22-23(26(31)32)29-30-25(22)27(2,3)4/h5-17,24H,1,28H2,2-4H3,(H,29,30)/b17-9-,18-12+. The van der Waals surface area contributed by atoms with Crippen LogP contribution in [0.2, 0.25) is 0 Å². The molecule has 0 bridgehead atoms. The van der Waals surface area contributed by atoms with Crippen LogP contribution in [0.4, 0.5) is 5.69 Å². The average Bonchev–Trinajstić information content (AvgIpc) is 3.34. The molecule has 3 N–H and O–H groups in total. The number of H-pyrrole nitrogens is 1. The van der Waals surface area contributed by atoms with Gasteiger partial charge in [-0.2, -0.15) is 5.10 Å². The smallest absolute Gasteiger partial charge is 0.277 e. The Morgan fingerprint density at radius 3 is 2.41 bits per heavy atom. The van der Waals surface area contributed by atoms with Crippen molar-refractivity contribution in [1.29, 1.82) is 0 Å². The Balaban J connectivity index is 1.82. The molecule has 1 amide bonds. The Bertz CT molecular complexity index is 1190. The summed E-state index contributed by atoms with van der Waals surface area (Å²) in [5, 5.41) is 7.55. The van der Waals surface area contributed by atoms with Crippen LogP contribution in [0, 0.1) is 0 Å². The highest BCUT2D eigenvalue weighted by atomic mass is 16.2. The molecule has 1 atom stereocenters. The van der Waals surface area contributed by atoms with Crippen molar-refractivity contribution < 1.29 is 4.79 Å². The Labute approximate surface area is 189 Å². The molecule has 5 heteroatoms. The third kappa shape index (κ3) is 3.66. The second-order valence-electron chi connectivity index (χ2n) is 8.86. The molecule has 162 valence electrons. The number of nitrogens with zero attached hydrogens (tertiary/aromatic N) is 2. The average molecular weight is 425 g/mol. The van der Waals surface area contributed by atoms with Crippen LogP contribution in [0.5, 0.6) is 0 Å². The lowest BCUT2D eigenvalue weighted by Crippen LogP contribution is -2.30. The van der Waals surface area contributed by atoms with Crippen LogP contribution >= 0.6 is 0 Å². The van der Waals surface area contributed by atoms with Crippen molar-refractivity contribution >= 4 is 17.2 Å². The second kappa shape index (κ2) is 8.35. The lowest BCUT2D eigenvalue weighted by atomic mass is 9.85. The minimum atomic E-state index is -0.243. The van der Waals surface area contributed by atoms with E-state index < -0.39 is 0 Å². The largest absolute Gasteiger partial charge is 0.405 e. The summed E-state index contributed by atoms with van der Waals surface area (Å²) in [6.45, 7) is 10.2. The van der Waals surface area contributed by atoms with E-state index in [2.05, 4.69) is 49.7 Å². The van der Waals surface area contributed by atoms with Crippen LogP contribution in [-0.2, 0) is 5.41 Å². The molecule has 1 unspecified atom stereocenters. The van der Waals surface area contributed by atoms with Crippen molar-refractivity contribution in [3.63, 3.8) is 0 Å². The molecular weight excluding hydrogens is 396 g/mol. The highest BCUT2D eigenvalue weighted by molar-refractivity contribution is 6.10. The molecule has 1 aromatic heterocycles. The summed E-state index contributed by atoms with van der Waals surface area (Å²) in [6, 6.07) is 17.8. The number of carbonyl (C=O) groups excluding carboxylic acids is 1. The normalized spacial score (nSPS) is 16.6. The maximum Gasteiger partial charge on any atom is 0.277 e. The van der Waals surface area contributed by atoms with Crippen LogP contribution in [0.15, 0.2) is 85.6 Å². The fraction of sp³-hybridized carbons (Fsp3) is 0.185. The first kappa shape index (κ1) is 21.4. The highest BCUT2D eigenvalue weighted by Crippen LogP contribution is 2.45. The minimum Gasteiger partial charge on any atom is -0.405 e. The van der Waals surface area contributed by atoms with Gasteiger partial charge in [0.1, 0.15) is 5.69 Å². The molecular formula is C27H28N4O. The van der Waals surface area contributed by atoms with Crippen LogP contribution < -0.4 is 10.6 Å². The van der Waals surface area contributed by atoms with Crippen LogP contribution in [0.25, 0.3) is 5.57 Å². The van der Waals surface area contributed by atoms with E-state index in [-0.39, 0.29) is 17.4 Å². The van der Waals surface area contributed by atoms with Crippen molar-refractivity contribution in [3.05, 3.63) is 114 Å². The highest BCUT2D eigenvalue weighted by Gasteiger charge is 2.44. The number of nitrogens with one attached hydrogen (secondary N) is 1. The Morgan fingerprint density at radius 2 is 1.81 bits per heavy atom. The lowest BCUT2D eigenvalue weighted by Gasteiger charge is -2.28. The monoisotopic (exact) mass is 424 g/mol. The van der Waals surface area contributed by atoms with Crippen LogP contribution in [0.3, 0.4) is 0 Å². The molecule has 4 rings (SSSR count). The van der Waals surface area contributed by atoms with Crippen molar-refractivity contribution in [2.75, 3.05) is 4.90 Å². The maximum atomic E-state index is 13.5. The zero-order chi connectivity index (χ0) is 22.9. The van der Waals surface area contributed by atoms with E-state index in [1.807, 2.05) is 53.4 Å². The van der Waals surface area contributed by atoms with Crippen molar-refractivity contribution in [3.8, 4) is 0 Å². The predicted molar refractivity (Wildman–Crippen MR) is 130 cm³/mol. The van der Waals surface area contributed by atoms with Gasteiger partial charge in [-0.15, -0.1) is 0 Å². The molecule has 0 spiro atoms. The number of hydrogen-bond donors (Lipinski definition) is 2. The summed E-state index contributed by atoms with van der Waals surface area (Å²) in [5.41, 5.74) is 11.5. The molecule has 1 aliphatic heterocycles.